The van der Waals surface area contributed by atoms with Gasteiger partial charge in [0.1, 0.15) is 11.3 Å². The summed E-state index contributed by atoms with van der Waals surface area (Å²) in [5.74, 6) is -0.840. The highest BCUT2D eigenvalue weighted by molar-refractivity contribution is 7.99. The number of hydrogen-bond donors (Lipinski definition) is 0. The summed E-state index contributed by atoms with van der Waals surface area (Å²) in [7, 11) is 1.20. The predicted octanol–water partition coefficient (Wildman–Crippen LogP) is 4.93. The maximum atomic E-state index is 14.3. The van der Waals surface area contributed by atoms with Crippen LogP contribution in [0.1, 0.15) is 47.8 Å². The first kappa shape index (κ1) is 20.5. The Hall–Kier alpha value is -2.22. The van der Waals surface area contributed by atoms with Crippen molar-refractivity contribution in [2.45, 2.75) is 37.1 Å². The van der Waals surface area contributed by atoms with Crippen LogP contribution in [0, 0.1) is 5.95 Å². The molecule has 1 heterocycles. The molecule has 150 valence electrons. The Kier molecular flexibility index (Phi) is 6.17. The third-order valence-corrected chi connectivity index (χ3v) is 5.50. The van der Waals surface area contributed by atoms with Gasteiger partial charge in [-0.25, -0.2) is 13.5 Å². The van der Waals surface area contributed by atoms with E-state index in [1.165, 1.54) is 11.9 Å². The van der Waals surface area contributed by atoms with Gasteiger partial charge in [0.15, 0.2) is 0 Å². The van der Waals surface area contributed by atoms with Gasteiger partial charge >= 0.3 is 0 Å². The zero-order chi connectivity index (χ0) is 20.4. The lowest BCUT2D eigenvalue weighted by atomic mass is 10.1. The highest BCUT2D eigenvalue weighted by atomic mass is 32.2. The number of alkyl halides is 2. The van der Waals surface area contributed by atoms with E-state index >= 15 is 0 Å². The molecule has 0 spiro atoms. The van der Waals surface area contributed by atoms with E-state index in [2.05, 4.69) is 18.6 Å². The van der Waals surface area contributed by atoms with Crippen LogP contribution in [0.25, 0.3) is 5.57 Å². The van der Waals surface area contributed by atoms with Crippen molar-refractivity contribution < 1.29 is 18.0 Å². The van der Waals surface area contributed by atoms with E-state index < -0.39 is 29.5 Å². The standard InChI is InChI=1S/C20H22F3N3OS/c1-4-28-15-9-5-13(6-10-15)12(2)11-26(14-7-8-14)20(27)16-17(18(21)22)24-25(3)19(16)23/h5-6,9-10,14,18H,2,4,7-8,11H2,1,3H3. The van der Waals surface area contributed by atoms with Gasteiger partial charge in [0.05, 0.1) is 0 Å². The van der Waals surface area contributed by atoms with Gasteiger partial charge in [0.2, 0.25) is 5.95 Å². The first-order chi connectivity index (χ1) is 13.3. The van der Waals surface area contributed by atoms with Crippen molar-refractivity contribution in [3.8, 4) is 0 Å². The van der Waals surface area contributed by atoms with Crippen molar-refractivity contribution in [2.24, 2.45) is 7.05 Å². The van der Waals surface area contributed by atoms with Crippen LogP contribution in [0.5, 0.6) is 0 Å². The summed E-state index contributed by atoms with van der Waals surface area (Å²) in [6.45, 7) is 6.27. The Morgan fingerprint density at radius 1 is 1.36 bits per heavy atom. The SMILES string of the molecule is C=C(CN(C(=O)c1c(C(F)F)nn(C)c1F)C1CC1)c1ccc(SCC)cc1. The lowest BCUT2D eigenvalue weighted by molar-refractivity contribution is 0.0747. The number of aryl methyl sites for hydroxylation is 1. The number of amides is 1. The van der Waals surface area contributed by atoms with Crippen LogP contribution in [0.3, 0.4) is 0 Å². The topological polar surface area (TPSA) is 38.1 Å². The number of nitrogens with zero attached hydrogens (tertiary/aromatic N) is 3. The van der Waals surface area contributed by atoms with E-state index in [1.54, 1.807) is 11.8 Å². The fourth-order valence-corrected chi connectivity index (χ4v) is 3.68. The third-order valence-electron chi connectivity index (χ3n) is 4.61. The summed E-state index contributed by atoms with van der Waals surface area (Å²) in [5.41, 5.74) is 0.0740. The van der Waals surface area contributed by atoms with E-state index in [-0.39, 0.29) is 12.6 Å². The summed E-state index contributed by atoms with van der Waals surface area (Å²) < 4.78 is 41.5. The minimum absolute atomic E-state index is 0.0932. The second kappa shape index (κ2) is 8.43. The summed E-state index contributed by atoms with van der Waals surface area (Å²) in [5, 5.41) is 3.48. The first-order valence-corrected chi connectivity index (χ1v) is 10.0. The number of carbonyl (C=O) groups excluding carboxylic acids is 1. The smallest absolute Gasteiger partial charge is 0.283 e. The quantitative estimate of drug-likeness (QED) is 0.581. The van der Waals surface area contributed by atoms with Crippen molar-refractivity contribution in [3.05, 3.63) is 53.6 Å². The van der Waals surface area contributed by atoms with Crippen LogP contribution >= 0.6 is 11.8 Å². The summed E-state index contributed by atoms with van der Waals surface area (Å²) in [6, 6.07) is 7.71. The molecule has 0 saturated heterocycles. The second-order valence-corrected chi connectivity index (χ2v) is 8.04. The molecule has 0 N–H and O–H groups in total. The van der Waals surface area contributed by atoms with Crippen molar-refractivity contribution in [3.63, 3.8) is 0 Å². The molecular weight excluding hydrogens is 387 g/mol. The summed E-state index contributed by atoms with van der Waals surface area (Å²) in [4.78, 5) is 15.5. The van der Waals surface area contributed by atoms with E-state index in [9.17, 15) is 18.0 Å². The zero-order valence-corrected chi connectivity index (χ0v) is 16.6. The molecule has 0 radical (unpaired) electrons. The third kappa shape index (κ3) is 4.27. The molecule has 1 amide bonds. The fraction of sp³-hybridized carbons (Fsp3) is 0.400. The molecule has 8 heteroatoms. The number of hydrogen-bond acceptors (Lipinski definition) is 3. The van der Waals surface area contributed by atoms with Crippen LogP contribution < -0.4 is 0 Å². The molecular formula is C20H22F3N3OS. The minimum atomic E-state index is -3.03. The zero-order valence-electron chi connectivity index (χ0n) is 15.8. The monoisotopic (exact) mass is 409 g/mol. The fourth-order valence-electron chi connectivity index (χ4n) is 3.02. The largest absolute Gasteiger partial charge is 0.331 e. The molecule has 1 aromatic carbocycles. The number of aromatic nitrogens is 2. The lowest BCUT2D eigenvalue weighted by Crippen LogP contribution is -2.35. The molecule has 1 aliphatic rings. The Morgan fingerprint density at radius 3 is 2.54 bits per heavy atom. The van der Waals surface area contributed by atoms with Crippen LogP contribution in [0.4, 0.5) is 13.2 Å². The molecule has 0 unspecified atom stereocenters. The van der Waals surface area contributed by atoms with E-state index in [4.69, 9.17) is 0 Å². The number of carbonyl (C=O) groups is 1. The summed E-state index contributed by atoms with van der Waals surface area (Å²) >= 11 is 1.72. The molecule has 0 bridgehead atoms. The second-order valence-electron chi connectivity index (χ2n) is 6.70. The Balaban J connectivity index is 1.83. The molecule has 0 atom stereocenters. The highest BCUT2D eigenvalue weighted by Crippen LogP contribution is 2.33. The lowest BCUT2D eigenvalue weighted by Gasteiger charge is -2.24. The molecule has 1 aliphatic carbocycles. The molecule has 28 heavy (non-hydrogen) atoms. The normalized spacial score (nSPS) is 13.8. The summed E-state index contributed by atoms with van der Waals surface area (Å²) in [6.07, 6.45) is -1.50. The average Bonchev–Trinajstić information content (AvgIpc) is 3.46. The first-order valence-electron chi connectivity index (χ1n) is 9.06. The van der Waals surface area contributed by atoms with Crippen LogP contribution in [-0.4, -0.2) is 38.9 Å². The number of rotatable bonds is 8. The minimum Gasteiger partial charge on any atom is -0.331 e. The van der Waals surface area contributed by atoms with Crippen LogP contribution in [0.15, 0.2) is 35.7 Å². The van der Waals surface area contributed by atoms with E-state index in [0.717, 1.165) is 29.1 Å². The molecule has 3 rings (SSSR count). The maximum Gasteiger partial charge on any atom is 0.283 e. The molecule has 2 aromatic rings. The van der Waals surface area contributed by atoms with Crippen LogP contribution in [0.2, 0.25) is 0 Å². The number of benzene rings is 1. The average molecular weight is 409 g/mol. The molecule has 4 nitrogen and oxygen atoms in total. The Labute approximate surface area is 166 Å². The molecule has 1 fully saturated rings. The van der Waals surface area contributed by atoms with Gasteiger partial charge in [0.25, 0.3) is 12.3 Å². The van der Waals surface area contributed by atoms with Gasteiger partial charge in [0, 0.05) is 24.5 Å². The van der Waals surface area contributed by atoms with E-state index in [0.29, 0.717) is 10.3 Å². The van der Waals surface area contributed by atoms with Crippen LogP contribution in [-0.2, 0) is 7.05 Å². The van der Waals surface area contributed by atoms with Gasteiger partial charge in [-0.15, -0.1) is 11.8 Å². The van der Waals surface area contributed by atoms with Gasteiger partial charge in [-0.2, -0.15) is 9.49 Å². The Morgan fingerprint density at radius 2 is 2.00 bits per heavy atom. The molecule has 1 aromatic heterocycles. The van der Waals surface area contributed by atoms with Gasteiger partial charge in [-0.3, -0.25) is 4.79 Å². The van der Waals surface area contributed by atoms with Crippen molar-refractivity contribution in [2.75, 3.05) is 12.3 Å². The van der Waals surface area contributed by atoms with Crippen molar-refractivity contribution >= 4 is 23.2 Å². The van der Waals surface area contributed by atoms with Gasteiger partial charge < -0.3 is 4.90 Å². The van der Waals surface area contributed by atoms with Gasteiger partial charge in [-0.1, -0.05) is 25.6 Å². The van der Waals surface area contributed by atoms with Gasteiger partial charge in [-0.05, 0) is 41.9 Å². The van der Waals surface area contributed by atoms with Crippen molar-refractivity contribution in [1.82, 2.24) is 14.7 Å². The number of halogens is 3. The maximum absolute atomic E-state index is 14.3. The highest BCUT2D eigenvalue weighted by Gasteiger charge is 2.38. The Bertz CT molecular complexity index is 876. The predicted molar refractivity (Wildman–Crippen MR) is 104 cm³/mol. The molecule has 1 saturated carbocycles. The molecule has 0 aliphatic heterocycles. The number of thioether (sulfide) groups is 1. The van der Waals surface area contributed by atoms with Crippen molar-refractivity contribution in [1.29, 1.82) is 0 Å². The van der Waals surface area contributed by atoms with E-state index in [1.807, 2.05) is 24.3 Å².